The summed E-state index contributed by atoms with van der Waals surface area (Å²) in [7, 11) is -1.56. The van der Waals surface area contributed by atoms with E-state index in [0.29, 0.717) is 25.7 Å². The topological polar surface area (TPSA) is 124 Å². The summed E-state index contributed by atoms with van der Waals surface area (Å²) in [6.07, 6.45) is 21.6. The largest absolute Gasteiger partial charge is 0.460 e. The van der Waals surface area contributed by atoms with Crippen LogP contribution in [0.25, 0.3) is 0 Å². The molecular formula is C35H55BN4O4. The summed E-state index contributed by atoms with van der Waals surface area (Å²) in [6, 6.07) is 8.26. The zero-order chi connectivity index (χ0) is 31.6. The smallest absolute Gasteiger partial charge is 0.427 e. The number of carbonyl (C=O) groups excluding carboxylic acids is 2. The van der Waals surface area contributed by atoms with Gasteiger partial charge in [-0.05, 0) is 30.7 Å². The number of benzene rings is 1. The van der Waals surface area contributed by atoms with E-state index < -0.39 is 30.4 Å². The number of hydrogen-bond donors (Lipinski definition) is 4. The van der Waals surface area contributed by atoms with Crippen LogP contribution in [0.15, 0.2) is 48.9 Å². The van der Waals surface area contributed by atoms with E-state index in [1.54, 1.807) is 0 Å². The molecule has 8 nitrogen and oxygen atoms in total. The molecule has 2 aromatic rings. The molecule has 1 heterocycles. The van der Waals surface area contributed by atoms with Crippen LogP contribution in [-0.2, 0) is 11.2 Å². The van der Waals surface area contributed by atoms with Crippen LogP contribution >= 0.6 is 0 Å². The average Bonchev–Trinajstić information content (AvgIpc) is 3.01. The van der Waals surface area contributed by atoms with Gasteiger partial charge in [-0.25, -0.2) is 4.98 Å². The van der Waals surface area contributed by atoms with Gasteiger partial charge in [0, 0.05) is 30.2 Å². The van der Waals surface area contributed by atoms with E-state index in [1.807, 2.05) is 30.3 Å². The lowest BCUT2D eigenvalue weighted by Crippen LogP contribution is -2.57. The Morgan fingerprint density at radius 3 is 1.84 bits per heavy atom. The van der Waals surface area contributed by atoms with Crippen molar-refractivity contribution in [2.24, 2.45) is 5.92 Å². The maximum Gasteiger partial charge on any atom is 0.460 e. The van der Waals surface area contributed by atoms with Crippen LogP contribution in [0.2, 0.25) is 5.31 Å². The summed E-state index contributed by atoms with van der Waals surface area (Å²) in [5, 5.41) is 27.5. The SMILES string of the molecule is CC(C)C[C@H](NC(=O)[C@H](Cc1ccccc1)NC(=O)c1cnccn1)C1(B(O)O)CCCCCCCCCCCCCCC1. The van der Waals surface area contributed by atoms with Gasteiger partial charge in [-0.2, -0.15) is 0 Å². The molecule has 1 aromatic heterocycles. The van der Waals surface area contributed by atoms with Crippen molar-refractivity contribution in [3.63, 3.8) is 0 Å². The van der Waals surface area contributed by atoms with Crippen molar-refractivity contribution < 1.29 is 19.6 Å². The maximum atomic E-state index is 14.1. The first-order valence-corrected chi connectivity index (χ1v) is 17.1. The van der Waals surface area contributed by atoms with Crippen molar-refractivity contribution in [2.45, 2.75) is 140 Å². The van der Waals surface area contributed by atoms with Gasteiger partial charge in [0.05, 0.1) is 6.20 Å². The number of amides is 2. The third kappa shape index (κ3) is 12.0. The summed E-state index contributed by atoms with van der Waals surface area (Å²) in [4.78, 5) is 35.4. The minimum Gasteiger partial charge on any atom is -0.427 e. The number of carbonyl (C=O) groups is 2. The molecule has 4 N–H and O–H groups in total. The molecule has 0 bridgehead atoms. The van der Waals surface area contributed by atoms with Gasteiger partial charge in [0.15, 0.2) is 0 Å². The molecule has 1 saturated carbocycles. The van der Waals surface area contributed by atoms with Crippen LogP contribution < -0.4 is 10.6 Å². The Morgan fingerprint density at radius 1 is 0.818 bits per heavy atom. The molecule has 1 fully saturated rings. The van der Waals surface area contributed by atoms with Crippen molar-refractivity contribution in [1.29, 1.82) is 0 Å². The molecule has 0 aliphatic heterocycles. The fraction of sp³-hybridized carbons (Fsp3) is 0.657. The first-order chi connectivity index (χ1) is 21.3. The summed E-state index contributed by atoms with van der Waals surface area (Å²) < 4.78 is 0. The fourth-order valence-corrected chi connectivity index (χ4v) is 6.65. The summed E-state index contributed by atoms with van der Waals surface area (Å²) in [6.45, 7) is 4.20. The molecule has 1 aromatic carbocycles. The van der Waals surface area contributed by atoms with Crippen molar-refractivity contribution in [3.05, 3.63) is 60.2 Å². The molecular weight excluding hydrogens is 551 g/mol. The van der Waals surface area contributed by atoms with Crippen molar-refractivity contribution in [2.75, 3.05) is 0 Å². The minimum absolute atomic E-state index is 0.136. The van der Waals surface area contributed by atoms with E-state index in [1.165, 1.54) is 63.5 Å². The zero-order valence-electron chi connectivity index (χ0n) is 27.1. The van der Waals surface area contributed by atoms with Gasteiger partial charge >= 0.3 is 7.12 Å². The first kappa shape index (κ1) is 35.7. The van der Waals surface area contributed by atoms with Crippen LogP contribution in [0, 0.1) is 5.92 Å². The Labute approximate surface area is 265 Å². The van der Waals surface area contributed by atoms with Crippen LogP contribution in [0.3, 0.4) is 0 Å². The molecule has 44 heavy (non-hydrogen) atoms. The van der Waals surface area contributed by atoms with Gasteiger partial charge < -0.3 is 20.7 Å². The molecule has 242 valence electrons. The van der Waals surface area contributed by atoms with Gasteiger partial charge in [-0.1, -0.05) is 128 Å². The quantitative estimate of drug-likeness (QED) is 0.231. The molecule has 1 aliphatic carbocycles. The maximum absolute atomic E-state index is 14.1. The molecule has 3 rings (SSSR count). The molecule has 2 atom stereocenters. The standard InChI is InChI=1S/C35H55BN4O4/c1-28(2)25-32(35(36(43)44)21-17-12-10-8-6-4-3-5-7-9-11-13-18-22-35)40-33(41)30(26-29-19-15-14-16-20-29)39-34(42)31-27-37-23-24-38-31/h14-16,19-20,23-24,27-28,30,32,43-44H,3-13,17-18,21-22,25-26H2,1-2H3,(H,39,42)(H,40,41)/t30-,32-/m0/s1. The van der Waals surface area contributed by atoms with Crippen LogP contribution in [-0.4, -0.2) is 51.0 Å². The van der Waals surface area contributed by atoms with E-state index >= 15 is 0 Å². The molecule has 9 heteroatoms. The van der Waals surface area contributed by atoms with Crippen molar-refractivity contribution >= 4 is 18.9 Å². The zero-order valence-corrected chi connectivity index (χ0v) is 27.1. The summed E-state index contributed by atoms with van der Waals surface area (Å²) in [5.74, 6) is -0.585. The van der Waals surface area contributed by atoms with Gasteiger partial charge in [0.25, 0.3) is 5.91 Å². The molecule has 1 aliphatic rings. The number of nitrogens with zero attached hydrogens (tertiary/aromatic N) is 2. The lowest BCUT2D eigenvalue weighted by molar-refractivity contribution is -0.124. The third-order valence-electron chi connectivity index (χ3n) is 9.22. The van der Waals surface area contributed by atoms with Crippen molar-refractivity contribution in [3.8, 4) is 0 Å². The number of nitrogens with one attached hydrogen (secondary N) is 2. The predicted octanol–water partition coefficient (Wildman–Crippen LogP) is 6.43. The van der Waals surface area contributed by atoms with Gasteiger partial charge in [-0.3, -0.25) is 14.6 Å². The third-order valence-corrected chi connectivity index (χ3v) is 9.22. The molecule has 2 amide bonds. The molecule has 0 spiro atoms. The Morgan fingerprint density at radius 2 is 1.36 bits per heavy atom. The second kappa shape index (κ2) is 19.6. The normalized spacial score (nSPS) is 18.6. The minimum atomic E-state index is -1.56. The second-order valence-corrected chi connectivity index (χ2v) is 13.2. The highest BCUT2D eigenvalue weighted by atomic mass is 16.4. The van der Waals surface area contributed by atoms with Gasteiger partial charge in [-0.15, -0.1) is 0 Å². The van der Waals surface area contributed by atoms with Gasteiger partial charge in [0.1, 0.15) is 11.7 Å². The Bertz CT molecular complexity index is 1070. The Balaban J connectivity index is 1.86. The molecule has 0 unspecified atom stereocenters. The monoisotopic (exact) mass is 606 g/mol. The number of rotatable bonds is 10. The van der Waals surface area contributed by atoms with Gasteiger partial charge in [0.2, 0.25) is 5.91 Å². The average molecular weight is 607 g/mol. The Kier molecular flexibility index (Phi) is 15.9. The highest BCUT2D eigenvalue weighted by Crippen LogP contribution is 2.46. The number of aromatic nitrogens is 2. The second-order valence-electron chi connectivity index (χ2n) is 13.2. The van der Waals surface area contributed by atoms with Crippen LogP contribution in [0.1, 0.15) is 133 Å². The predicted molar refractivity (Wildman–Crippen MR) is 177 cm³/mol. The highest BCUT2D eigenvalue weighted by molar-refractivity contribution is 6.46. The summed E-state index contributed by atoms with van der Waals surface area (Å²) in [5.41, 5.74) is 1.05. The van der Waals surface area contributed by atoms with E-state index in [0.717, 1.165) is 44.1 Å². The van der Waals surface area contributed by atoms with E-state index in [9.17, 15) is 19.6 Å². The Hall–Kier alpha value is -2.78. The fourth-order valence-electron chi connectivity index (χ4n) is 6.65. The number of hydrogen-bond acceptors (Lipinski definition) is 6. The molecule has 0 saturated heterocycles. The van der Waals surface area contributed by atoms with E-state index in [4.69, 9.17) is 0 Å². The van der Waals surface area contributed by atoms with E-state index in [-0.39, 0.29) is 17.5 Å². The van der Waals surface area contributed by atoms with E-state index in [2.05, 4.69) is 34.4 Å². The lowest BCUT2D eigenvalue weighted by Gasteiger charge is -2.42. The van der Waals surface area contributed by atoms with Crippen LogP contribution in [0.4, 0.5) is 0 Å². The lowest BCUT2D eigenvalue weighted by atomic mass is 9.48. The van der Waals surface area contributed by atoms with Crippen molar-refractivity contribution in [1.82, 2.24) is 20.6 Å². The first-order valence-electron chi connectivity index (χ1n) is 17.1. The highest BCUT2D eigenvalue weighted by Gasteiger charge is 2.48. The molecule has 0 radical (unpaired) electrons. The summed E-state index contributed by atoms with van der Waals surface area (Å²) >= 11 is 0. The van der Waals surface area contributed by atoms with Crippen LogP contribution in [0.5, 0.6) is 0 Å².